The van der Waals surface area contributed by atoms with Gasteiger partial charge in [-0.2, -0.15) is 0 Å². The van der Waals surface area contributed by atoms with Gasteiger partial charge >= 0.3 is 0 Å². The average Bonchev–Trinajstić information content (AvgIpc) is 2.85. The van der Waals surface area contributed by atoms with Crippen molar-refractivity contribution in [3.05, 3.63) is 24.3 Å². The summed E-state index contributed by atoms with van der Waals surface area (Å²) >= 11 is 1.51. The number of nitrogens with zero attached hydrogens (tertiary/aromatic N) is 1. The van der Waals surface area contributed by atoms with Gasteiger partial charge in [-0.1, -0.05) is 0 Å². The molecule has 1 aromatic carbocycles. The molecule has 1 aliphatic heterocycles. The van der Waals surface area contributed by atoms with Crippen molar-refractivity contribution in [2.24, 2.45) is 0 Å². The summed E-state index contributed by atoms with van der Waals surface area (Å²) in [4.78, 5) is 14.7. The lowest BCUT2D eigenvalue weighted by Gasteiger charge is -2.15. The summed E-state index contributed by atoms with van der Waals surface area (Å²) in [6.07, 6.45) is 0.346. The number of rotatable bonds is 5. The second-order valence-electron chi connectivity index (χ2n) is 4.48. The van der Waals surface area contributed by atoms with E-state index in [1.54, 1.807) is 4.90 Å². The first kappa shape index (κ1) is 14.2. The van der Waals surface area contributed by atoms with Gasteiger partial charge in [0.05, 0.1) is 18.5 Å². The topological polar surface area (TPSA) is 49.8 Å². The Hall–Kier alpha value is -1.20. The fourth-order valence-electron chi connectivity index (χ4n) is 2.00. The molecule has 1 aromatic rings. The van der Waals surface area contributed by atoms with Crippen molar-refractivity contribution < 1.29 is 14.6 Å². The molecule has 0 unspecified atom stereocenters. The van der Waals surface area contributed by atoms with Crippen molar-refractivity contribution in [2.45, 2.75) is 24.3 Å². The fourth-order valence-corrected chi connectivity index (χ4v) is 2.80. The molecule has 0 bridgehead atoms. The molecule has 1 heterocycles. The first-order chi connectivity index (χ1) is 9.19. The molecule has 104 valence electrons. The van der Waals surface area contributed by atoms with Gasteiger partial charge in [0.25, 0.3) is 0 Å². The second kappa shape index (κ2) is 6.82. The van der Waals surface area contributed by atoms with Crippen LogP contribution < -0.4 is 4.74 Å². The number of benzene rings is 1. The normalized spacial score (nSPS) is 18.6. The highest BCUT2D eigenvalue weighted by Gasteiger charge is 2.24. The number of hydrogen-bond acceptors (Lipinski definition) is 4. The van der Waals surface area contributed by atoms with E-state index < -0.39 is 0 Å². The summed E-state index contributed by atoms with van der Waals surface area (Å²) in [6.45, 7) is 3.75. The lowest BCUT2D eigenvalue weighted by molar-refractivity contribution is -0.127. The van der Waals surface area contributed by atoms with Crippen molar-refractivity contribution >= 4 is 17.7 Å². The smallest absolute Gasteiger partial charge is 0.233 e. The number of carbonyl (C=O) groups is 1. The number of carbonyl (C=O) groups excluding carboxylic acids is 1. The fraction of sp³-hybridized carbons (Fsp3) is 0.500. The number of aliphatic hydroxyl groups is 1. The maximum absolute atomic E-state index is 11.9. The molecular weight excluding hydrogens is 262 g/mol. The molecule has 1 aliphatic rings. The Bertz CT molecular complexity index is 421. The molecule has 1 saturated heterocycles. The zero-order chi connectivity index (χ0) is 13.7. The SMILES string of the molecule is CCOc1ccc(SCC(=O)N2CC[C@H](O)C2)cc1. The maximum Gasteiger partial charge on any atom is 0.233 e. The second-order valence-corrected chi connectivity index (χ2v) is 5.52. The number of likely N-dealkylation sites (tertiary alicyclic amines) is 1. The van der Waals surface area contributed by atoms with Crippen molar-refractivity contribution in [3.8, 4) is 5.75 Å². The van der Waals surface area contributed by atoms with Crippen molar-refractivity contribution in [1.82, 2.24) is 4.90 Å². The minimum Gasteiger partial charge on any atom is -0.494 e. The van der Waals surface area contributed by atoms with E-state index in [-0.39, 0.29) is 12.0 Å². The minimum absolute atomic E-state index is 0.0930. The zero-order valence-corrected chi connectivity index (χ0v) is 11.9. The largest absolute Gasteiger partial charge is 0.494 e. The molecule has 0 aliphatic carbocycles. The monoisotopic (exact) mass is 281 g/mol. The predicted molar refractivity (Wildman–Crippen MR) is 75.5 cm³/mol. The van der Waals surface area contributed by atoms with Gasteiger partial charge in [0.1, 0.15) is 5.75 Å². The predicted octanol–water partition coefficient (Wildman–Crippen LogP) is 1.77. The van der Waals surface area contributed by atoms with Gasteiger partial charge in [-0.05, 0) is 37.6 Å². The lowest BCUT2D eigenvalue weighted by Crippen LogP contribution is -2.30. The van der Waals surface area contributed by atoms with Gasteiger partial charge in [-0.15, -0.1) is 11.8 Å². The minimum atomic E-state index is -0.348. The van der Waals surface area contributed by atoms with E-state index in [1.165, 1.54) is 11.8 Å². The molecule has 0 aromatic heterocycles. The van der Waals surface area contributed by atoms with Crippen LogP contribution in [0, 0.1) is 0 Å². The Labute approximate surface area is 117 Å². The highest BCUT2D eigenvalue weighted by atomic mass is 32.2. The van der Waals surface area contributed by atoms with Crippen LogP contribution in [0.4, 0.5) is 0 Å². The maximum atomic E-state index is 11.9. The van der Waals surface area contributed by atoms with Crippen molar-refractivity contribution in [3.63, 3.8) is 0 Å². The molecule has 5 heteroatoms. The first-order valence-electron chi connectivity index (χ1n) is 6.50. The van der Waals surface area contributed by atoms with Gasteiger partial charge in [0.15, 0.2) is 0 Å². The number of hydrogen-bond donors (Lipinski definition) is 1. The molecule has 1 atom stereocenters. The van der Waals surface area contributed by atoms with Crippen LogP contribution in [-0.2, 0) is 4.79 Å². The van der Waals surface area contributed by atoms with E-state index in [9.17, 15) is 9.90 Å². The number of ether oxygens (including phenoxy) is 1. The lowest BCUT2D eigenvalue weighted by atomic mass is 10.3. The van der Waals surface area contributed by atoms with E-state index in [0.29, 0.717) is 31.9 Å². The average molecular weight is 281 g/mol. The zero-order valence-electron chi connectivity index (χ0n) is 11.0. The van der Waals surface area contributed by atoms with Crippen molar-refractivity contribution in [1.29, 1.82) is 0 Å². The van der Waals surface area contributed by atoms with Crippen LogP contribution >= 0.6 is 11.8 Å². The Morgan fingerprint density at radius 1 is 1.47 bits per heavy atom. The molecule has 0 radical (unpaired) electrons. The number of β-amino-alcohol motifs (C(OH)–C–C–N with tert-alkyl or cyclic N) is 1. The van der Waals surface area contributed by atoms with Crippen LogP contribution in [0.25, 0.3) is 0 Å². The Balaban J connectivity index is 1.80. The third-order valence-corrected chi connectivity index (χ3v) is 4.01. The van der Waals surface area contributed by atoms with Crippen LogP contribution in [0.15, 0.2) is 29.2 Å². The molecule has 1 N–H and O–H groups in total. The van der Waals surface area contributed by atoms with Crippen LogP contribution in [0.5, 0.6) is 5.75 Å². The summed E-state index contributed by atoms with van der Waals surface area (Å²) in [5.74, 6) is 1.36. The van der Waals surface area contributed by atoms with Crippen LogP contribution in [-0.4, -0.2) is 47.5 Å². The molecule has 0 spiro atoms. The van der Waals surface area contributed by atoms with E-state index >= 15 is 0 Å². The highest BCUT2D eigenvalue weighted by Crippen LogP contribution is 2.22. The van der Waals surface area contributed by atoms with E-state index in [0.717, 1.165) is 10.6 Å². The van der Waals surface area contributed by atoms with Crippen LogP contribution in [0.2, 0.25) is 0 Å². The standard InChI is InChI=1S/C14H19NO3S/c1-2-18-12-3-5-13(6-4-12)19-10-14(17)15-8-7-11(16)9-15/h3-6,11,16H,2,7-10H2,1H3/t11-/m0/s1. The van der Waals surface area contributed by atoms with Crippen molar-refractivity contribution in [2.75, 3.05) is 25.4 Å². The Kier molecular flexibility index (Phi) is 5.10. The quantitative estimate of drug-likeness (QED) is 0.836. The molecular formula is C14H19NO3S. The van der Waals surface area contributed by atoms with Gasteiger partial charge in [0.2, 0.25) is 5.91 Å². The Morgan fingerprint density at radius 2 is 2.21 bits per heavy atom. The molecule has 4 nitrogen and oxygen atoms in total. The molecule has 19 heavy (non-hydrogen) atoms. The third-order valence-electron chi connectivity index (χ3n) is 3.01. The molecule has 1 amide bonds. The first-order valence-corrected chi connectivity index (χ1v) is 7.49. The molecule has 0 saturated carbocycles. The Morgan fingerprint density at radius 3 is 2.79 bits per heavy atom. The number of aliphatic hydroxyl groups excluding tert-OH is 1. The number of amides is 1. The van der Waals surface area contributed by atoms with Crippen LogP contribution in [0.3, 0.4) is 0 Å². The number of thioether (sulfide) groups is 1. The van der Waals surface area contributed by atoms with Crippen LogP contribution in [0.1, 0.15) is 13.3 Å². The molecule has 2 rings (SSSR count). The van der Waals surface area contributed by atoms with E-state index in [1.807, 2.05) is 31.2 Å². The summed E-state index contributed by atoms with van der Waals surface area (Å²) < 4.78 is 5.37. The van der Waals surface area contributed by atoms with Gasteiger partial charge in [-0.25, -0.2) is 0 Å². The third kappa shape index (κ3) is 4.14. The molecule has 1 fully saturated rings. The summed E-state index contributed by atoms with van der Waals surface area (Å²) in [5.41, 5.74) is 0. The summed E-state index contributed by atoms with van der Waals surface area (Å²) in [6, 6.07) is 7.75. The van der Waals surface area contributed by atoms with E-state index in [2.05, 4.69) is 0 Å². The summed E-state index contributed by atoms with van der Waals surface area (Å²) in [5, 5.41) is 9.40. The van der Waals surface area contributed by atoms with Gasteiger partial charge in [0, 0.05) is 18.0 Å². The summed E-state index contributed by atoms with van der Waals surface area (Å²) in [7, 11) is 0. The van der Waals surface area contributed by atoms with Gasteiger partial charge in [-0.3, -0.25) is 4.79 Å². The highest BCUT2D eigenvalue weighted by molar-refractivity contribution is 8.00. The van der Waals surface area contributed by atoms with Gasteiger partial charge < -0.3 is 14.7 Å². The van der Waals surface area contributed by atoms with E-state index in [4.69, 9.17) is 4.74 Å².